The Hall–Kier alpha value is -1.47. The van der Waals surface area contributed by atoms with Crippen molar-refractivity contribution in [1.29, 1.82) is 0 Å². The predicted molar refractivity (Wildman–Crippen MR) is 76.6 cm³/mol. The number of hydrogen-bond acceptors (Lipinski definition) is 5. The summed E-state index contributed by atoms with van der Waals surface area (Å²) in [5, 5.41) is 20.6. The minimum atomic E-state index is -1.15. The Morgan fingerprint density at radius 3 is 2.25 bits per heavy atom. The average molecular weight is 346 g/mol. The maximum atomic E-state index is 11.8. The summed E-state index contributed by atoms with van der Waals surface area (Å²) >= 11 is 3.09. The Morgan fingerprint density at radius 2 is 1.85 bits per heavy atom. The Kier molecular flexibility index (Phi) is 5.24. The van der Waals surface area contributed by atoms with E-state index in [2.05, 4.69) is 15.9 Å². The van der Waals surface area contributed by atoms with Gasteiger partial charge in [-0.1, -0.05) is 15.9 Å². The van der Waals surface area contributed by atoms with Crippen molar-refractivity contribution in [3.63, 3.8) is 0 Å². The number of aliphatic hydroxyl groups excluding tert-OH is 1. The number of nitro benzene ring substituents is 1. The van der Waals surface area contributed by atoms with Gasteiger partial charge in [-0.2, -0.15) is 0 Å². The predicted octanol–water partition coefficient (Wildman–Crippen LogP) is 2.73. The van der Waals surface area contributed by atoms with E-state index in [4.69, 9.17) is 4.74 Å². The number of rotatable bonds is 4. The van der Waals surface area contributed by atoms with Gasteiger partial charge in [-0.15, -0.1) is 0 Å². The molecule has 0 aliphatic carbocycles. The third-order valence-electron chi connectivity index (χ3n) is 2.35. The monoisotopic (exact) mass is 345 g/mol. The molecule has 0 heterocycles. The van der Waals surface area contributed by atoms with Crippen LogP contribution in [-0.2, 0) is 9.53 Å². The first-order valence-corrected chi connectivity index (χ1v) is 6.83. The van der Waals surface area contributed by atoms with Crippen molar-refractivity contribution in [1.82, 2.24) is 0 Å². The van der Waals surface area contributed by atoms with Crippen molar-refractivity contribution in [3.05, 3.63) is 39.9 Å². The molecule has 110 valence electrons. The molecular formula is C13H16BrNO5. The molecule has 0 bridgehead atoms. The molecule has 6 nitrogen and oxygen atoms in total. The van der Waals surface area contributed by atoms with Crippen molar-refractivity contribution in [2.75, 3.05) is 0 Å². The number of halogens is 1. The van der Waals surface area contributed by atoms with Gasteiger partial charge in [0.1, 0.15) is 16.5 Å². The van der Waals surface area contributed by atoms with Gasteiger partial charge in [-0.25, -0.2) is 0 Å². The molecule has 1 rings (SSSR count). The quantitative estimate of drug-likeness (QED) is 0.392. The number of benzene rings is 1. The van der Waals surface area contributed by atoms with Crippen LogP contribution >= 0.6 is 15.9 Å². The van der Waals surface area contributed by atoms with Gasteiger partial charge < -0.3 is 9.84 Å². The van der Waals surface area contributed by atoms with Gasteiger partial charge in [0, 0.05) is 12.1 Å². The number of alkyl halides is 1. The van der Waals surface area contributed by atoms with Crippen LogP contribution in [0.2, 0.25) is 0 Å². The topological polar surface area (TPSA) is 89.7 Å². The summed E-state index contributed by atoms with van der Waals surface area (Å²) in [6, 6.07) is 5.35. The first kappa shape index (κ1) is 16.6. The van der Waals surface area contributed by atoms with E-state index in [0.717, 1.165) is 0 Å². The zero-order valence-electron chi connectivity index (χ0n) is 11.4. The number of nitro groups is 1. The summed E-state index contributed by atoms with van der Waals surface area (Å²) in [7, 11) is 0. The second-order valence-corrected chi connectivity index (χ2v) is 6.22. The molecule has 0 spiro atoms. The SMILES string of the molecule is CC(C)(C)OC(=O)[C@H](Br)[C@H](O)c1ccc([N+](=O)[O-])cc1. The van der Waals surface area contributed by atoms with E-state index in [1.54, 1.807) is 20.8 Å². The summed E-state index contributed by atoms with van der Waals surface area (Å²) in [6.07, 6.45) is -1.15. The number of ether oxygens (including phenoxy) is 1. The van der Waals surface area contributed by atoms with E-state index >= 15 is 0 Å². The molecule has 0 amide bonds. The molecule has 7 heteroatoms. The Balaban J connectivity index is 2.80. The normalized spacial score (nSPS) is 14.4. The lowest BCUT2D eigenvalue weighted by Crippen LogP contribution is -2.32. The number of non-ortho nitro benzene ring substituents is 1. The van der Waals surface area contributed by atoms with Gasteiger partial charge in [-0.05, 0) is 38.5 Å². The molecule has 1 N–H and O–H groups in total. The number of esters is 1. The number of carbonyl (C=O) groups is 1. The zero-order chi connectivity index (χ0) is 15.5. The smallest absolute Gasteiger partial charge is 0.323 e. The lowest BCUT2D eigenvalue weighted by molar-refractivity contribution is -0.384. The summed E-state index contributed by atoms with van der Waals surface area (Å²) in [5.41, 5.74) is -0.342. The Bertz CT molecular complexity index is 494. The minimum absolute atomic E-state index is 0.0793. The second kappa shape index (κ2) is 6.32. The molecule has 1 aromatic rings. The Morgan fingerprint density at radius 1 is 1.35 bits per heavy atom. The third kappa shape index (κ3) is 4.57. The lowest BCUT2D eigenvalue weighted by atomic mass is 10.1. The molecule has 2 atom stereocenters. The lowest BCUT2D eigenvalue weighted by Gasteiger charge is -2.23. The highest BCUT2D eigenvalue weighted by molar-refractivity contribution is 9.10. The molecule has 0 aromatic heterocycles. The largest absolute Gasteiger partial charge is 0.459 e. The van der Waals surface area contributed by atoms with Crippen molar-refractivity contribution in [3.8, 4) is 0 Å². The van der Waals surface area contributed by atoms with Crippen LogP contribution in [0.15, 0.2) is 24.3 Å². The van der Waals surface area contributed by atoms with Gasteiger partial charge in [-0.3, -0.25) is 14.9 Å². The molecule has 1 aromatic carbocycles. The van der Waals surface area contributed by atoms with E-state index < -0.39 is 27.4 Å². The number of aliphatic hydroxyl groups is 1. The van der Waals surface area contributed by atoms with Gasteiger partial charge in [0.05, 0.1) is 4.92 Å². The van der Waals surface area contributed by atoms with Crippen LogP contribution in [0.25, 0.3) is 0 Å². The zero-order valence-corrected chi connectivity index (χ0v) is 13.0. The standard InChI is InChI=1S/C13H16BrNO5/c1-13(2,3)20-12(17)10(14)11(16)8-4-6-9(7-5-8)15(18)19/h4-7,10-11,16H,1-3H3/t10-,11-/m1/s1. The van der Waals surface area contributed by atoms with Gasteiger partial charge in [0.15, 0.2) is 0 Å². The fraction of sp³-hybridized carbons (Fsp3) is 0.462. The molecule has 0 radical (unpaired) electrons. The summed E-state index contributed by atoms with van der Waals surface area (Å²) < 4.78 is 5.15. The molecule has 0 saturated heterocycles. The number of carbonyl (C=O) groups excluding carboxylic acids is 1. The first-order valence-electron chi connectivity index (χ1n) is 5.91. The van der Waals surface area contributed by atoms with Crippen molar-refractivity contribution >= 4 is 27.6 Å². The van der Waals surface area contributed by atoms with Crippen LogP contribution in [0.1, 0.15) is 32.4 Å². The van der Waals surface area contributed by atoms with E-state index in [1.807, 2.05) is 0 Å². The summed E-state index contributed by atoms with van der Waals surface area (Å²) in [6.45, 7) is 5.18. The highest BCUT2D eigenvalue weighted by Crippen LogP contribution is 2.26. The van der Waals surface area contributed by atoms with E-state index in [0.29, 0.717) is 5.56 Å². The highest BCUT2D eigenvalue weighted by Gasteiger charge is 2.30. The van der Waals surface area contributed by atoms with Gasteiger partial charge in [0.25, 0.3) is 5.69 Å². The van der Waals surface area contributed by atoms with E-state index in [-0.39, 0.29) is 5.69 Å². The molecule has 0 fully saturated rings. The minimum Gasteiger partial charge on any atom is -0.459 e. The molecule has 0 aliphatic heterocycles. The van der Waals surface area contributed by atoms with Crippen LogP contribution < -0.4 is 0 Å². The van der Waals surface area contributed by atoms with Crippen LogP contribution in [-0.4, -0.2) is 26.4 Å². The van der Waals surface area contributed by atoms with Crippen LogP contribution in [0, 0.1) is 10.1 Å². The molecule has 0 unspecified atom stereocenters. The van der Waals surface area contributed by atoms with Gasteiger partial charge in [0.2, 0.25) is 0 Å². The molecular weight excluding hydrogens is 330 g/mol. The first-order chi connectivity index (χ1) is 9.11. The van der Waals surface area contributed by atoms with Gasteiger partial charge >= 0.3 is 5.97 Å². The molecule has 20 heavy (non-hydrogen) atoms. The van der Waals surface area contributed by atoms with Crippen molar-refractivity contribution in [2.24, 2.45) is 0 Å². The maximum Gasteiger partial charge on any atom is 0.323 e. The third-order valence-corrected chi connectivity index (χ3v) is 3.23. The van der Waals surface area contributed by atoms with E-state index in [9.17, 15) is 20.0 Å². The highest BCUT2D eigenvalue weighted by atomic mass is 79.9. The maximum absolute atomic E-state index is 11.8. The van der Waals surface area contributed by atoms with Crippen LogP contribution in [0.4, 0.5) is 5.69 Å². The molecule has 0 saturated carbocycles. The fourth-order valence-corrected chi connectivity index (χ4v) is 1.85. The van der Waals surface area contributed by atoms with Crippen molar-refractivity contribution < 1.29 is 19.6 Å². The van der Waals surface area contributed by atoms with Crippen molar-refractivity contribution in [2.45, 2.75) is 37.3 Å². The summed E-state index contributed by atoms with van der Waals surface area (Å²) in [5.74, 6) is -0.594. The van der Waals surface area contributed by atoms with Crippen LogP contribution in [0.5, 0.6) is 0 Å². The average Bonchev–Trinajstić information content (AvgIpc) is 2.35. The van der Waals surface area contributed by atoms with Crippen LogP contribution in [0.3, 0.4) is 0 Å². The number of hydrogen-bond donors (Lipinski definition) is 1. The second-order valence-electron chi connectivity index (χ2n) is 5.23. The Labute approximate surface area is 125 Å². The molecule has 0 aliphatic rings. The van der Waals surface area contributed by atoms with E-state index in [1.165, 1.54) is 24.3 Å². The number of nitrogens with zero attached hydrogens (tertiary/aromatic N) is 1. The summed E-state index contributed by atoms with van der Waals surface area (Å²) in [4.78, 5) is 20.9. The fourth-order valence-electron chi connectivity index (χ4n) is 1.45.